The average Bonchev–Trinajstić information content (AvgIpc) is 2.09. The highest BCUT2D eigenvalue weighted by atomic mass is 16.5. The lowest BCUT2D eigenvalue weighted by Crippen LogP contribution is -1.87. The van der Waals surface area contributed by atoms with Crippen LogP contribution in [0.1, 0.15) is 11.1 Å². The summed E-state index contributed by atoms with van der Waals surface area (Å²) in [6.07, 6.45) is 1.51. The Balaban J connectivity index is 3.37. The Labute approximate surface area is 77.1 Å². The zero-order chi connectivity index (χ0) is 9.84. The standard InChI is InChI=1S/C10H11NO2/c1-7-4-8(2)10(11-6-12)9(5-7)13-3/h4-5H,1-3H3. The van der Waals surface area contributed by atoms with Gasteiger partial charge in [-0.25, -0.2) is 4.79 Å². The second-order valence-corrected chi connectivity index (χ2v) is 2.84. The summed E-state index contributed by atoms with van der Waals surface area (Å²) in [5, 5.41) is 0. The van der Waals surface area contributed by atoms with Gasteiger partial charge in [0.15, 0.2) is 0 Å². The Morgan fingerprint density at radius 1 is 1.38 bits per heavy atom. The van der Waals surface area contributed by atoms with E-state index in [2.05, 4.69) is 4.99 Å². The van der Waals surface area contributed by atoms with Crippen molar-refractivity contribution >= 4 is 11.8 Å². The summed E-state index contributed by atoms with van der Waals surface area (Å²) in [5.74, 6) is 0.612. The molecule has 0 amide bonds. The molecule has 68 valence electrons. The number of carbonyl (C=O) groups excluding carboxylic acids is 1. The van der Waals surface area contributed by atoms with Gasteiger partial charge in [0.2, 0.25) is 6.08 Å². The van der Waals surface area contributed by atoms with E-state index in [1.54, 1.807) is 7.11 Å². The monoisotopic (exact) mass is 177 g/mol. The fraction of sp³-hybridized carbons (Fsp3) is 0.300. The van der Waals surface area contributed by atoms with E-state index in [-0.39, 0.29) is 0 Å². The van der Waals surface area contributed by atoms with Crippen molar-refractivity contribution in [3.8, 4) is 5.75 Å². The fourth-order valence-electron chi connectivity index (χ4n) is 1.27. The highest BCUT2D eigenvalue weighted by Crippen LogP contribution is 2.31. The first-order chi connectivity index (χ1) is 6.19. The number of hydrogen-bond acceptors (Lipinski definition) is 3. The summed E-state index contributed by atoms with van der Waals surface area (Å²) < 4.78 is 5.09. The van der Waals surface area contributed by atoms with E-state index in [0.717, 1.165) is 11.1 Å². The highest BCUT2D eigenvalue weighted by molar-refractivity contribution is 5.63. The molecule has 0 spiro atoms. The predicted octanol–water partition coefficient (Wildman–Crippen LogP) is 2.28. The quantitative estimate of drug-likeness (QED) is 0.513. The van der Waals surface area contributed by atoms with Crippen LogP contribution in [0.15, 0.2) is 17.1 Å². The molecule has 1 rings (SSSR count). The number of nitrogens with zero attached hydrogens (tertiary/aromatic N) is 1. The molecule has 3 nitrogen and oxygen atoms in total. The molecule has 3 heteroatoms. The zero-order valence-electron chi connectivity index (χ0n) is 7.92. The van der Waals surface area contributed by atoms with Gasteiger partial charge >= 0.3 is 0 Å². The molecule has 0 saturated heterocycles. The van der Waals surface area contributed by atoms with Crippen LogP contribution < -0.4 is 4.74 Å². The van der Waals surface area contributed by atoms with Crippen LogP contribution >= 0.6 is 0 Å². The Kier molecular flexibility index (Phi) is 2.83. The van der Waals surface area contributed by atoms with Crippen molar-refractivity contribution in [2.24, 2.45) is 4.99 Å². The molecule has 1 aromatic carbocycles. The molecular weight excluding hydrogens is 166 g/mol. The van der Waals surface area contributed by atoms with Crippen LogP contribution in [-0.2, 0) is 4.79 Å². The van der Waals surface area contributed by atoms with Gasteiger partial charge in [0.05, 0.1) is 7.11 Å². The molecule has 13 heavy (non-hydrogen) atoms. The van der Waals surface area contributed by atoms with E-state index in [9.17, 15) is 4.79 Å². The minimum Gasteiger partial charge on any atom is -0.494 e. The molecule has 0 aliphatic rings. The van der Waals surface area contributed by atoms with Crippen LogP contribution in [0.3, 0.4) is 0 Å². The van der Waals surface area contributed by atoms with Crippen LogP contribution in [0.4, 0.5) is 5.69 Å². The average molecular weight is 177 g/mol. The lowest BCUT2D eigenvalue weighted by atomic mass is 10.1. The van der Waals surface area contributed by atoms with Crippen molar-refractivity contribution in [3.05, 3.63) is 23.3 Å². The first-order valence-electron chi connectivity index (χ1n) is 3.92. The van der Waals surface area contributed by atoms with Gasteiger partial charge in [0.25, 0.3) is 0 Å². The number of benzene rings is 1. The van der Waals surface area contributed by atoms with Gasteiger partial charge in [0, 0.05) is 0 Å². The van der Waals surface area contributed by atoms with Gasteiger partial charge in [-0.3, -0.25) is 0 Å². The largest absolute Gasteiger partial charge is 0.494 e. The molecule has 0 aliphatic carbocycles. The summed E-state index contributed by atoms with van der Waals surface area (Å²) >= 11 is 0. The number of ether oxygens (including phenoxy) is 1. The van der Waals surface area contributed by atoms with E-state index >= 15 is 0 Å². The Bertz CT molecular complexity index is 365. The summed E-state index contributed by atoms with van der Waals surface area (Å²) in [7, 11) is 1.55. The summed E-state index contributed by atoms with van der Waals surface area (Å²) in [5.41, 5.74) is 2.56. The molecule has 0 atom stereocenters. The Hall–Kier alpha value is -1.60. The van der Waals surface area contributed by atoms with Crippen molar-refractivity contribution in [3.63, 3.8) is 0 Å². The van der Waals surface area contributed by atoms with Crippen molar-refractivity contribution in [2.75, 3.05) is 7.11 Å². The summed E-state index contributed by atoms with van der Waals surface area (Å²) in [6, 6.07) is 3.78. The van der Waals surface area contributed by atoms with E-state index < -0.39 is 0 Å². The molecule has 1 aromatic rings. The number of rotatable bonds is 2. The van der Waals surface area contributed by atoms with Crippen molar-refractivity contribution < 1.29 is 9.53 Å². The lowest BCUT2D eigenvalue weighted by Gasteiger charge is -2.06. The smallest absolute Gasteiger partial charge is 0.240 e. The first kappa shape index (κ1) is 9.49. The van der Waals surface area contributed by atoms with Gasteiger partial charge in [-0.1, -0.05) is 6.07 Å². The van der Waals surface area contributed by atoms with Crippen LogP contribution in [0.5, 0.6) is 5.75 Å². The summed E-state index contributed by atoms with van der Waals surface area (Å²) in [6.45, 7) is 3.84. The maximum Gasteiger partial charge on any atom is 0.240 e. The van der Waals surface area contributed by atoms with Crippen LogP contribution in [0.25, 0.3) is 0 Å². The van der Waals surface area contributed by atoms with Crippen molar-refractivity contribution in [1.82, 2.24) is 0 Å². The second-order valence-electron chi connectivity index (χ2n) is 2.84. The van der Waals surface area contributed by atoms with Gasteiger partial charge in [-0.2, -0.15) is 4.99 Å². The SMILES string of the molecule is COc1cc(C)cc(C)c1N=C=O. The number of methoxy groups -OCH3 is 1. The van der Waals surface area contributed by atoms with Crippen LogP contribution in [0, 0.1) is 13.8 Å². The zero-order valence-corrected chi connectivity index (χ0v) is 7.92. The molecule has 0 N–H and O–H groups in total. The van der Waals surface area contributed by atoms with Crippen molar-refractivity contribution in [1.29, 1.82) is 0 Å². The fourth-order valence-corrected chi connectivity index (χ4v) is 1.27. The number of hydrogen-bond donors (Lipinski definition) is 0. The van der Waals surface area contributed by atoms with Crippen molar-refractivity contribution in [2.45, 2.75) is 13.8 Å². The molecule has 0 radical (unpaired) electrons. The van der Waals surface area contributed by atoms with Gasteiger partial charge in [-0.05, 0) is 31.0 Å². The Morgan fingerprint density at radius 2 is 2.08 bits per heavy atom. The van der Waals surface area contributed by atoms with Gasteiger partial charge in [0.1, 0.15) is 11.4 Å². The number of aliphatic imine (C=N–C) groups is 1. The molecule has 0 unspecified atom stereocenters. The molecular formula is C10H11NO2. The molecule has 0 saturated carbocycles. The Morgan fingerprint density at radius 3 is 2.62 bits per heavy atom. The third-order valence-electron chi connectivity index (χ3n) is 1.79. The molecule has 0 bridgehead atoms. The van der Waals surface area contributed by atoms with E-state index in [1.807, 2.05) is 26.0 Å². The molecule has 0 heterocycles. The minimum absolute atomic E-state index is 0.558. The molecule has 0 aromatic heterocycles. The minimum atomic E-state index is 0.558. The van der Waals surface area contributed by atoms with Crippen LogP contribution in [0.2, 0.25) is 0 Å². The molecule has 0 aliphatic heterocycles. The maximum absolute atomic E-state index is 10.1. The third-order valence-corrected chi connectivity index (χ3v) is 1.79. The third kappa shape index (κ3) is 1.95. The molecule has 0 fully saturated rings. The van der Waals surface area contributed by atoms with Crippen LogP contribution in [-0.4, -0.2) is 13.2 Å². The first-order valence-corrected chi connectivity index (χ1v) is 3.92. The lowest BCUT2D eigenvalue weighted by molar-refractivity contribution is 0.415. The topological polar surface area (TPSA) is 38.7 Å². The second kappa shape index (κ2) is 3.87. The van der Waals surface area contributed by atoms with E-state index in [0.29, 0.717) is 11.4 Å². The number of aryl methyl sites for hydroxylation is 2. The normalized spacial score (nSPS) is 9.15. The highest BCUT2D eigenvalue weighted by Gasteiger charge is 2.05. The predicted molar refractivity (Wildman–Crippen MR) is 50.2 cm³/mol. The maximum atomic E-state index is 10.1. The van der Waals surface area contributed by atoms with Gasteiger partial charge in [-0.15, -0.1) is 0 Å². The van der Waals surface area contributed by atoms with E-state index in [1.165, 1.54) is 6.08 Å². The van der Waals surface area contributed by atoms with Gasteiger partial charge < -0.3 is 4.74 Å². The number of isocyanates is 1. The summed E-state index contributed by atoms with van der Waals surface area (Å²) in [4.78, 5) is 13.7. The van der Waals surface area contributed by atoms with E-state index in [4.69, 9.17) is 4.74 Å².